The second-order valence-electron chi connectivity index (χ2n) is 5.43. The van der Waals surface area contributed by atoms with E-state index in [-0.39, 0.29) is 0 Å². The predicted molar refractivity (Wildman–Crippen MR) is 72.0 cm³/mol. The van der Waals surface area contributed by atoms with Crippen LogP contribution in [-0.4, -0.2) is 34.7 Å². The molecule has 18 heavy (non-hydrogen) atoms. The van der Waals surface area contributed by atoms with Gasteiger partial charge in [0.15, 0.2) is 0 Å². The lowest BCUT2D eigenvalue weighted by Crippen LogP contribution is -2.57. The molecule has 4 heteroatoms. The van der Waals surface area contributed by atoms with Gasteiger partial charge in [-0.15, -0.1) is 0 Å². The first-order chi connectivity index (χ1) is 8.79. The molecule has 3 nitrogen and oxygen atoms in total. The largest absolute Gasteiger partial charge is 0.412 e. The van der Waals surface area contributed by atoms with Gasteiger partial charge in [-0.1, -0.05) is 30.3 Å². The van der Waals surface area contributed by atoms with E-state index < -0.39 is 8.32 Å². The smallest absolute Gasteiger partial charge is 0.205 e. The van der Waals surface area contributed by atoms with Crippen molar-refractivity contribution in [1.29, 1.82) is 0 Å². The zero-order valence-corrected chi connectivity index (χ0v) is 11.8. The summed E-state index contributed by atoms with van der Waals surface area (Å²) in [4.78, 5) is 0. The van der Waals surface area contributed by atoms with Gasteiger partial charge in [0, 0.05) is 11.1 Å². The van der Waals surface area contributed by atoms with Crippen LogP contribution >= 0.6 is 0 Å². The molecule has 0 aliphatic carbocycles. The second kappa shape index (κ2) is 5.13. The zero-order valence-electron chi connectivity index (χ0n) is 10.8. The van der Waals surface area contributed by atoms with Crippen molar-refractivity contribution in [2.45, 2.75) is 24.2 Å². The molecule has 2 saturated heterocycles. The molecule has 98 valence electrons. The van der Waals surface area contributed by atoms with E-state index in [0.717, 1.165) is 33.0 Å². The van der Waals surface area contributed by atoms with E-state index in [4.69, 9.17) is 13.9 Å². The summed E-state index contributed by atoms with van der Waals surface area (Å²) in [5.74, 6) is 0. The third kappa shape index (κ3) is 2.25. The number of hydrogen-bond donors (Lipinski definition) is 0. The molecule has 1 aromatic carbocycles. The summed E-state index contributed by atoms with van der Waals surface area (Å²) in [5, 5.41) is 0. The van der Waals surface area contributed by atoms with Crippen LogP contribution in [0.3, 0.4) is 0 Å². The number of rotatable bonds is 5. The van der Waals surface area contributed by atoms with Crippen LogP contribution in [0.25, 0.3) is 0 Å². The Kier molecular flexibility index (Phi) is 3.52. The molecule has 2 aliphatic rings. The molecule has 0 bridgehead atoms. The highest BCUT2D eigenvalue weighted by atomic mass is 28.4. The summed E-state index contributed by atoms with van der Waals surface area (Å²) in [6.45, 7) is 6.62. The van der Waals surface area contributed by atoms with Crippen LogP contribution in [0.15, 0.2) is 30.3 Å². The molecule has 3 rings (SSSR count). The molecule has 2 fully saturated rings. The van der Waals surface area contributed by atoms with Crippen molar-refractivity contribution in [3.8, 4) is 0 Å². The van der Waals surface area contributed by atoms with Crippen LogP contribution < -0.4 is 0 Å². The van der Waals surface area contributed by atoms with E-state index >= 15 is 0 Å². The Morgan fingerprint density at radius 1 is 1.06 bits per heavy atom. The fourth-order valence-electron chi connectivity index (χ4n) is 2.52. The molecule has 0 N–H and O–H groups in total. The van der Waals surface area contributed by atoms with E-state index in [9.17, 15) is 0 Å². The summed E-state index contributed by atoms with van der Waals surface area (Å²) in [7, 11) is -1.72. The van der Waals surface area contributed by atoms with E-state index in [2.05, 4.69) is 30.8 Å². The second-order valence-corrected chi connectivity index (χ2v) is 9.72. The normalized spacial score (nSPS) is 21.4. The Morgan fingerprint density at radius 2 is 1.61 bits per heavy atom. The van der Waals surface area contributed by atoms with Crippen LogP contribution in [0.1, 0.15) is 5.56 Å². The van der Waals surface area contributed by atoms with Crippen molar-refractivity contribution in [3.05, 3.63) is 35.9 Å². The molecule has 0 radical (unpaired) electrons. The summed E-state index contributed by atoms with van der Waals surface area (Å²) in [6.07, 6.45) is 0. The van der Waals surface area contributed by atoms with Crippen molar-refractivity contribution >= 4 is 8.32 Å². The fraction of sp³-hybridized carbons (Fsp3) is 0.571. The highest BCUT2D eigenvalue weighted by Gasteiger charge is 2.51. The summed E-state index contributed by atoms with van der Waals surface area (Å²) >= 11 is 0. The standard InChI is InChI=1S/C14H20O3Si/c1-18(13-8-15-9-13,14-10-16-11-14)17-7-12-5-3-2-4-6-12/h2-6,13-14H,7-11H2,1H3. The molecular weight excluding hydrogens is 244 g/mol. The van der Waals surface area contributed by atoms with Gasteiger partial charge in [0.25, 0.3) is 0 Å². The monoisotopic (exact) mass is 264 g/mol. The summed E-state index contributed by atoms with van der Waals surface area (Å²) in [5.41, 5.74) is 2.56. The van der Waals surface area contributed by atoms with Crippen molar-refractivity contribution < 1.29 is 13.9 Å². The predicted octanol–water partition coefficient (Wildman–Crippen LogP) is 2.58. The quantitative estimate of drug-likeness (QED) is 0.765. The first kappa shape index (κ1) is 12.4. The topological polar surface area (TPSA) is 27.7 Å². The molecule has 0 atom stereocenters. The Hall–Kier alpha value is -0.683. The van der Waals surface area contributed by atoms with Gasteiger partial charge in [-0.3, -0.25) is 0 Å². The maximum Gasteiger partial charge on any atom is 0.205 e. The molecular formula is C14H20O3Si. The SMILES string of the molecule is C[Si](OCc1ccccc1)(C1COC1)C1COC1. The van der Waals surface area contributed by atoms with E-state index in [1.54, 1.807) is 0 Å². The third-order valence-electron chi connectivity index (χ3n) is 4.29. The number of benzene rings is 1. The van der Waals surface area contributed by atoms with Crippen molar-refractivity contribution in [3.63, 3.8) is 0 Å². The van der Waals surface area contributed by atoms with Gasteiger partial charge >= 0.3 is 0 Å². The van der Waals surface area contributed by atoms with Gasteiger partial charge in [-0.05, 0) is 12.1 Å². The van der Waals surface area contributed by atoms with E-state index in [1.807, 2.05) is 6.07 Å². The molecule has 0 aromatic heterocycles. The van der Waals surface area contributed by atoms with Gasteiger partial charge in [-0.2, -0.15) is 0 Å². The van der Waals surface area contributed by atoms with Crippen molar-refractivity contribution in [1.82, 2.24) is 0 Å². The van der Waals surface area contributed by atoms with Crippen LogP contribution in [0.2, 0.25) is 17.6 Å². The molecule has 0 spiro atoms. The minimum absolute atomic E-state index is 0.648. The minimum Gasteiger partial charge on any atom is -0.412 e. The van der Waals surface area contributed by atoms with Gasteiger partial charge in [0.2, 0.25) is 8.32 Å². The first-order valence-corrected chi connectivity index (χ1v) is 9.19. The van der Waals surface area contributed by atoms with E-state index in [1.165, 1.54) is 5.56 Å². The molecule has 2 aliphatic heterocycles. The maximum absolute atomic E-state index is 6.40. The van der Waals surface area contributed by atoms with Crippen molar-refractivity contribution in [2.75, 3.05) is 26.4 Å². The molecule has 2 heterocycles. The van der Waals surface area contributed by atoms with Crippen LogP contribution in [0, 0.1) is 0 Å². The van der Waals surface area contributed by atoms with Gasteiger partial charge in [0.05, 0.1) is 33.0 Å². The molecule has 0 amide bonds. The van der Waals surface area contributed by atoms with Crippen molar-refractivity contribution in [2.24, 2.45) is 0 Å². The average molecular weight is 264 g/mol. The first-order valence-electron chi connectivity index (χ1n) is 6.62. The Labute approximate surface area is 109 Å². The maximum atomic E-state index is 6.40. The lowest BCUT2D eigenvalue weighted by Gasteiger charge is -2.47. The average Bonchev–Trinajstić information content (AvgIpc) is 2.23. The highest BCUT2D eigenvalue weighted by molar-refractivity contribution is 6.76. The van der Waals surface area contributed by atoms with Crippen LogP contribution in [-0.2, 0) is 20.5 Å². The van der Waals surface area contributed by atoms with E-state index in [0.29, 0.717) is 11.1 Å². The Morgan fingerprint density at radius 3 is 2.06 bits per heavy atom. The molecule has 0 saturated carbocycles. The highest BCUT2D eigenvalue weighted by Crippen LogP contribution is 2.42. The molecule has 1 aromatic rings. The number of hydrogen-bond acceptors (Lipinski definition) is 3. The van der Waals surface area contributed by atoms with Gasteiger partial charge < -0.3 is 13.9 Å². The van der Waals surface area contributed by atoms with Crippen LogP contribution in [0.5, 0.6) is 0 Å². The Bertz CT molecular complexity index is 373. The zero-order chi connectivity index (χ0) is 12.4. The summed E-state index contributed by atoms with van der Waals surface area (Å²) in [6, 6.07) is 10.4. The molecule has 0 unspecified atom stereocenters. The van der Waals surface area contributed by atoms with Crippen LogP contribution in [0.4, 0.5) is 0 Å². The minimum atomic E-state index is -1.72. The fourth-order valence-corrected chi connectivity index (χ4v) is 5.93. The van der Waals surface area contributed by atoms with Gasteiger partial charge in [-0.25, -0.2) is 0 Å². The van der Waals surface area contributed by atoms with Gasteiger partial charge in [0.1, 0.15) is 0 Å². The lowest BCUT2D eigenvalue weighted by atomic mass is 10.2. The summed E-state index contributed by atoms with van der Waals surface area (Å²) < 4.78 is 17.1. The lowest BCUT2D eigenvalue weighted by molar-refractivity contribution is -0.00327. The third-order valence-corrected chi connectivity index (χ3v) is 8.97. The Balaban J connectivity index is 1.66. The number of ether oxygens (including phenoxy) is 2.